The van der Waals surface area contributed by atoms with Gasteiger partial charge in [0.15, 0.2) is 0 Å². The number of carboxylic acids is 1. The Hall–Kier alpha value is -1.09. The van der Waals surface area contributed by atoms with E-state index in [-0.39, 0.29) is 36.0 Å². The maximum atomic E-state index is 10.2. The Labute approximate surface area is 176 Å². The van der Waals surface area contributed by atoms with Gasteiger partial charge in [-0.15, -0.1) is 0 Å². The number of carbonyl (C=O) groups excluding carboxylic acids is 1. The monoisotopic (exact) mass is 350 g/mol. The van der Waals surface area contributed by atoms with Gasteiger partial charge in [-0.25, -0.2) is 0 Å². The number of rotatable bonds is 14. The van der Waals surface area contributed by atoms with Gasteiger partial charge >= 0.3 is 29.6 Å². The summed E-state index contributed by atoms with van der Waals surface area (Å²) < 4.78 is 0. The van der Waals surface area contributed by atoms with Crippen molar-refractivity contribution in [2.45, 2.75) is 58.3 Å². The molecule has 0 unspecified atom stereocenters. The zero-order valence-corrected chi connectivity index (χ0v) is 17.9. The molecular weight excluding hydrogens is 319 g/mol. The molecule has 0 spiro atoms. The molecule has 0 fully saturated rings. The number of carbonyl (C=O) groups is 1. The van der Waals surface area contributed by atoms with Crippen molar-refractivity contribution < 1.29 is 39.5 Å². The molecule has 0 saturated heterocycles. The van der Waals surface area contributed by atoms with Crippen molar-refractivity contribution in [3.63, 3.8) is 0 Å². The third kappa shape index (κ3) is 25.3. The number of hydrogen-bond acceptors (Lipinski definition) is 2. The van der Waals surface area contributed by atoms with Crippen LogP contribution in [0, 0.1) is 0 Å². The average Bonchev–Trinajstić information content (AvgIpc) is 2.56. The molecule has 25 heavy (non-hydrogen) atoms. The van der Waals surface area contributed by atoms with Crippen molar-refractivity contribution in [3.05, 3.63) is 72.9 Å². The van der Waals surface area contributed by atoms with Crippen LogP contribution in [0.1, 0.15) is 58.3 Å². The Kier molecular flexibility index (Phi) is 24.0. The van der Waals surface area contributed by atoms with Gasteiger partial charge in [0.25, 0.3) is 0 Å². The molecule has 0 aliphatic carbocycles. The summed E-state index contributed by atoms with van der Waals surface area (Å²) in [6.45, 7) is 2.15. The van der Waals surface area contributed by atoms with Gasteiger partial charge in [-0.3, -0.25) is 0 Å². The summed E-state index contributed by atoms with van der Waals surface area (Å²) in [5.41, 5.74) is 0. The summed E-state index contributed by atoms with van der Waals surface area (Å²) in [6, 6.07) is 0. The van der Waals surface area contributed by atoms with Gasteiger partial charge < -0.3 is 9.90 Å². The first-order valence-electron chi connectivity index (χ1n) is 8.87. The second kappa shape index (κ2) is 22.9. The minimum atomic E-state index is -0.991. The molecule has 132 valence electrons. The van der Waals surface area contributed by atoms with Crippen LogP contribution in [0.3, 0.4) is 0 Å². The standard InChI is InChI=1S/C22H32O2.Na/c1-2-3-4-5-6-7-8-9-10-11-12-13-14-15-16-17-18-19-20-21-22(23)24;/h3-4,6-7,9-10,12-13,15-16,18-19H,2,5,8,11,14,17,20-21H2,1H3,(H,23,24);/q;+1/p-1/b4-3-,7-6-,10-9-,13-12-,16-15-,19-18-;. The normalized spacial score (nSPS) is 12.5. The van der Waals surface area contributed by atoms with Gasteiger partial charge in [0.2, 0.25) is 0 Å². The maximum absolute atomic E-state index is 10.2. The number of carboxylic acid groups (broad SMARTS) is 1. The Balaban J connectivity index is 0. The van der Waals surface area contributed by atoms with Crippen LogP contribution in [0.25, 0.3) is 0 Å². The van der Waals surface area contributed by atoms with Gasteiger partial charge in [-0.1, -0.05) is 79.8 Å². The molecular formula is C22H31NaO2. The molecule has 0 aromatic rings. The average molecular weight is 350 g/mol. The molecule has 0 bridgehead atoms. The van der Waals surface area contributed by atoms with Gasteiger partial charge in [0.1, 0.15) is 0 Å². The third-order valence-corrected chi connectivity index (χ3v) is 3.11. The van der Waals surface area contributed by atoms with E-state index in [1.165, 1.54) is 0 Å². The van der Waals surface area contributed by atoms with E-state index >= 15 is 0 Å². The molecule has 0 atom stereocenters. The summed E-state index contributed by atoms with van der Waals surface area (Å²) in [4.78, 5) is 10.2. The Bertz CT molecular complexity index is 468. The first kappa shape index (κ1) is 26.1. The second-order valence-electron chi connectivity index (χ2n) is 5.33. The van der Waals surface area contributed by atoms with E-state index in [0.29, 0.717) is 6.42 Å². The van der Waals surface area contributed by atoms with Crippen molar-refractivity contribution in [3.8, 4) is 0 Å². The molecule has 2 nitrogen and oxygen atoms in total. The number of hydrogen-bond donors (Lipinski definition) is 0. The zero-order chi connectivity index (χ0) is 17.7. The van der Waals surface area contributed by atoms with Gasteiger partial charge in [0.05, 0.1) is 0 Å². The molecule has 0 heterocycles. The van der Waals surface area contributed by atoms with Crippen molar-refractivity contribution in [2.75, 3.05) is 0 Å². The van der Waals surface area contributed by atoms with Gasteiger partial charge in [0, 0.05) is 5.97 Å². The van der Waals surface area contributed by atoms with Crippen molar-refractivity contribution in [2.24, 2.45) is 0 Å². The number of allylic oxidation sites excluding steroid dienone is 12. The summed E-state index contributed by atoms with van der Waals surface area (Å²) in [5, 5.41) is 10.2. The smallest absolute Gasteiger partial charge is 0.550 e. The Morgan fingerprint density at radius 3 is 1.28 bits per heavy atom. The fraction of sp³-hybridized carbons (Fsp3) is 0.409. The second-order valence-corrected chi connectivity index (χ2v) is 5.33. The maximum Gasteiger partial charge on any atom is 1.00 e. The molecule has 0 aliphatic rings. The summed E-state index contributed by atoms with van der Waals surface area (Å²) in [6.07, 6.45) is 32.1. The number of aliphatic carboxylic acids is 1. The van der Waals surface area contributed by atoms with E-state index in [2.05, 4.69) is 67.7 Å². The van der Waals surface area contributed by atoms with Gasteiger partial charge in [-0.05, 0) is 51.4 Å². The van der Waals surface area contributed by atoms with E-state index in [4.69, 9.17) is 0 Å². The minimum absolute atomic E-state index is 0. The Morgan fingerprint density at radius 2 is 0.960 bits per heavy atom. The zero-order valence-electron chi connectivity index (χ0n) is 15.9. The Morgan fingerprint density at radius 1 is 0.640 bits per heavy atom. The summed E-state index contributed by atoms with van der Waals surface area (Å²) >= 11 is 0. The van der Waals surface area contributed by atoms with Crippen LogP contribution < -0.4 is 34.7 Å². The first-order valence-corrected chi connectivity index (χ1v) is 8.87. The molecule has 0 aromatic carbocycles. The van der Waals surface area contributed by atoms with Gasteiger partial charge in [-0.2, -0.15) is 0 Å². The SMILES string of the molecule is CC/C=C\C/C=C\C/C=C\C/C=C\C/C=C\C/C=C\CCC(=O)[O-].[Na+]. The van der Waals surface area contributed by atoms with Crippen molar-refractivity contribution in [1.29, 1.82) is 0 Å². The molecule has 3 heteroatoms. The van der Waals surface area contributed by atoms with E-state index in [0.717, 1.165) is 38.5 Å². The van der Waals surface area contributed by atoms with E-state index in [1.807, 2.05) is 12.2 Å². The molecule has 0 saturated carbocycles. The third-order valence-electron chi connectivity index (χ3n) is 3.11. The predicted octanol–water partition coefficient (Wildman–Crippen LogP) is 2.22. The molecule has 0 rings (SSSR count). The largest absolute Gasteiger partial charge is 1.00 e. The van der Waals surface area contributed by atoms with Crippen LogP contribution in [0.5, 0.6) is 0 Å². The van der Waals surface area contributed by atoms with Crippen LogP contribution in [0.4, 0.5) is 0 Å². The van der Waals surface area contributed by atoms with E-state index in [9.17, 15) is 9.90 Å². The predicted molar refractivity (Wildman–Crippen MR) is 102 cm³/mol. The van der Waals surface area contributed by atoms with Crippen LogP contribution in [-0.4, -0.2) is 5.97 Å². The quantitative estimate of drug-likeness (QED) is 0.356. The van der Waals surface area contributed by atoms with Crippen LogP contribution >= 0.6 is 0 Å². The fourth-order valence-electron chi connectivity index (χ4n) is 1.84. The van der Waals surface area contributed by atoms with Crippen molar-refractivity contribution in [1.82, 2.24) is 0 Å². The summed E-state index contributed by atoms with van der Waals surface area (Å²) in [7, 11) is 0. The minimum Gasteiger partial charge on any atom is -0.550 e. The van der Waals surface area contributed by atoms with E-state index < -0.39 is 5.97 Å². The topological polar surface area (TPSA) is 40.1 Å². The molecule has 0 aromatic heterocycles. The molecule has 0 aliphatic heterocycles. The van der Waals surface area contributed by atoms with Crippen LogP contribution in [0.2, 0.25) is 0 Å². The molecule has 0 amide bonds. The molecule has 0 N–H and O–H groups in total. The van der Waals surface area contributed by atoms with Crippen LogP contribution in [0.15, 0.2) is 72.9 Å². The van der Waals surface area contributed by atoms with Crippen molar-refractivity contribution >= 4 is 5.97 Å². The molecule has 0 radical (unpaired) electrons. The van der Waals surface area contributed by atoms with E-state index in [1.54, 1.807) is 0 Å². The van der Waals surface area contributed by atoms with Crippen LogP contribution in [-0.2, 0) is 4.79 Å². The fourth-order valence-corrected chi connectivity index (χ4v) is 1.84. The summed E-state index contributed by atoms with van der Waals surface area (Å²) in [5.74, 6) is -0.991. The first-order chi connectivity index (χ1) is 11.8.